The maximum atomic E-state index is 12.3. The van der Waals surface area contributed by atoms with E-state index in [9.17, 15) is 14.4 Å². The fourth-order valence-corrected chi connectivity index (χ4v) is 2.78. The Bertz CT molecular complexity index is 1000. The molecule has 0 heterocycles. The number of carbonyl (C=O) groups excluding carboxylic acids is 3. The normalized spacial score (nSPS) is 10.5. The van der Waals surface area contributed by atoms with E-state index in [0.29, 0.717) is 23.7 Å². The largest absolute Gasteiger partial charge is 0.493 e. The van der Waals surface area contributed by atoms with Crippen LogP contribution in [0.5, 0.6) is 11.5 Å². The fraction of sp³-hybridized carbons (Fsp3) is 0.304. The number of methoxy groups -OCH3 is 2. The number of hydrogen-bond acceptors (Lipinski definition) is 7. The third-order valence-electron chi connectivity index (χ3n) is 4.47. The van der Waals surface area contributed by atoms with Gasteiger partial charge in [0.2, 0.25) is 0 Å². The quantitative estimate of drug-likeness (QED) is 0.215. The summed E-state index contributed by atoms with van der Waals surface area (Å²) in [5.41, 5.74) is 5.40. The first-order chi connectivity index (χ1) is 15.8. The monoisotopic (exact) mass is 456 g/mol. The predicted octanol–water partition coefficient (Wildman–Crippen LogP) is 1.54. The Morgan fingerprint density at radius 1 is 1.00 bits per heavy atom. The zero-order valence-corrected chi connectivity index (χ0v) is 19.1. The van der Waals surface area contributed by atoms with E-state index < -0.39 is 11.8 Å². The third-order valence-corrected chi connectivity index (χ3v) is 4.47. The first kappa shape index (κ1) is 25.3. The number of hydrazone groups is 1. The van der Waals surface area contributed by atoms with E-state index >= 15 is 0 Å². The summed E-state index contributed by atoms with van der Waals surface area (Å²) >= 11 is 0. The number of rotatable bonds is 10. The van der Waals surface area contributed by atoms with Gasteiger partial charge < -0.3 is 24.8 Å². The minimum Gasteiger partial charge on any atom is -0.493 e. The van der Waals surface area contributed by atoms with E-state index in [1.807, 2.05) is 32.0 Å². The lowest BCUT2D eigenvalue weighted by atomic mass is 10.1. The SMILES string of the molecule is COCCNC(=O)C(=O)N/N=C\c1ccc(OCC(=O)Nc2c(C)cccc2C)c(OC)c1. The van der Waals surface area contributed by atoms with Crippen molar-refractivity contribution in [1.82, 2.24) is 10.7 Å². The molecule has 2 aromatic rings. The third kappa shape index (κ3) is 7.93. The standard InChI is InChI=1S/C23H28N4O6/c1-15-6-5-7-16(2)21(15)26-20(28)14-33-18-9-8-17(12-19(18)32-4)13-25-27-23(30)22(29)24-10-11-31-3/h5-9,12-13H,10-11,14H2,1-4H3,(H,24,29)(H,26,28)(H,27,30)/b25-13-. The van der Waals surface area contributed by atoms with Gasteiger partial charge in [-0.05, 0) is 48.7 Å². The summed E-state index contributed by atoms with van der Waals surface area (Å²) in [4.78, 5) is 35.6. The Morgan fingerprint density at radius 3 is 2.39 bits per heavy atom. The van der Waals surface area contributed by atoms with Crippen molar-refractivity contribution in [3.8, 4) is 11.5 Å². The summed E-state index contributed by atoms with van der Waals surface area (Å²) in [6.45, 7) is 4.15. The molecular formula is C23H28N4O6. The molecule has 0 saturated carbocycles. The minimum atomic E-state index is -0.899. The van der Waals surface area contributed by atoms with E-state index in [1.54, 1.807) is 18.2 Å². The number of anilines is 1. The van der Waals surface area contributed by atoms with Crippen LogP contribution in [-0.2, 0) is 19.1 Å². The van der Waals surface area contributed by atoms with Crippen LogP contribution in [0.3, 0.4) is 0 Å². The van der Waals surface area contributed by atoms with Crippen molar-refractivity contribution >= 4 is 29.6 Å². The summed E-state index contributed by atoms with van der Waals surface area (Å²) in [6.07, 6.45) is 1.35. The number of nitrogens with zero attached hydrogens (tertiary/aromatic N) is 1. The van der Waals surface area contributed by atoms with Gasteiger partial charge in [-0.3, -0.25) is 14.4 Å². The lowest BCUT2D eigenvalue weighted by Gasteiger charge is -2.13. The highest BCUT2D eigenvalue weighted by molar-refractivity contribution is 6.35. The van der Waals surface area contributed by atoms with Crippen molar-refractivity contribution in [1.29, 1.82) is 0 Å². The lowest BCUT2D eigenvalue weighted by Crippen LogP contribution is -2.39. The molecule has 2 aromatic carbocycles. The Morgan fingerprint density at radius 2 is 1.73 bits per heavy atom. The van der Waals surface area contributed by atoms with Gasteiger partial charge in [-0.15, -0.1) is 0 Å². The van der Waals surface area contributed by atoms with Gasteiger partial charge in [-0.25, -0.2) is 5.43 Å². The van der Waals surface area contributed by atoms with Crippen LogP contribution in [0, 0.1) is 13.8 Å². The Hall–Kier alpha value is -3.92. The molecule has 33 heavy (non-hydrogen) atoms. The summed E-state index contributed by atoms with van der Waals surface area (Å²) in [7, 11) is 2.95. The van der Waals surface area contributed by atoms with Gasteiger partial charge in [0.25, 0.3) is 5.91 Å². The Kier molecular flexibility index (Phi) is 9.84. The fourth-order valence-electron chi connectivity index (χ4n) is 2.78. The molecule has 10 nitrogen and oxygen atoms in total. The number of para-hydroxylation sites is 1. The molecule has 0 aromatic heterocycles. The molecule has 0 saturated heterocycles. The molecule has 0 aliphatic carbocycles. The molecule has 3 amide bonds. The molecule has 10 heteroatoms. The average molecular weight is 456 g/mol. The number of amides is 3. The molecule has 0 atom stereocenters. The minimum absolute atomic E-state index is 0.203. The van der Waals surface area contributed by atoms with Crippen LogP contribution in [-0.4, -0.2) is 57.9 Å². The molecule has 0 bridgehead atoms. The van der Waals surface area contributed by atoms with Crippen LogP contribution < -0.4 is 25.5 Å². The van der Waals surface area contributed by atoms with Crippen LogP contribution >= 0.6 is 0 Å². The van der Waals surface area contributed by atoms with Gasteiger partial charge in [-0.1, -0.05) is 18.2 Å². The van der Waals surface area contributed by atoms with Crippen LogP contribution in [0.1, 0.15) is 16.7 Å². The van der Waals surface area contributed by atoms with Crippen LogP contribution in [0.2, 0.25) is 0 Å². The molecule has 0 fully saturated rings. The molecule has 0 spiro atoms. The number of ether oxygens (including phenoxy) is 3. The van der Waals surface area contributed by atoms with Crippen molar-refractivity contribution in [2.75, 3.05) is 39.3 Å². The second-order valence-electron chi connectivity index (χ2n) is 6.96. The zero-order chi connectivity index (χ0) is 24.2. The molecule has 0 aliphatic rings. The first-order valence-corrected chi connectivity index (χ1v) is 10.1. The zero-order valence-electron chi connectivity index (χ0n) is 19.1. The molecule has 0 unspecified atom stereocenters. The van der Waals surface area contributed by atoms with Crippen LogP contribution in [0.15, 0.2) is 41.5 Å². The summed E-state index contributed by atoms with van der Waals surface area (Å²) in [6, 6.07) is 10.7. The van der Waals surface area contributed by atoms with E-state index in [2.05, 4.69) is 21.2 Å². The number of benzene rings is 2. The highest BCUT2D eigenvalue weighted by Gasteiger charge is 2.12. The van der Waals surface area contributed by atoms with Crippen molar-refractivity contribution in [2.24, 2.45) is 5.10 Å². The van der Waals surface area contributed by atoms with E-state index in [0.717, 1.165) is 16.8 Å². The first-order valence-electron chi connectivity index (χ1n) is 10.1. The van der Waals surface area contributed by atoms with Crippen LogP contribution in [0.4, 0.5) is 5.69 Å². The summed E-state index contributed by atoms with van der Waals surface area (Å²) in [5, 5.41) is 8.99. The number of hydrogen-bond donors (Lipinski definition) is 3. The maximum Gasteiger partial charge on any atom is 0.329 e. The molecule has 2 rings (SSSR count). The molecule has 0 radical (unpaired) electrons. The molecular weight excluding hydrogens is 428 g/mol. The number of nitrogens with one attached hydrogen (secondary N) is 3. The van der Waals surface area contributed by atoms with Crippen molar-refractivity contribution < 1.29 is 28.6 Å². The van der Waals surface area contributed by atoms with Gasteiger partial charge in [-0.2, -0.15) is 5.10 Å². The van der Waals surface area contributed by atoms with Gasteiger partial charge in [0.15, 0.2) is 18.1 Å². The van der Waals surface area contributed by atoms with Crippen LogP contribution in [0.25, 0.3) is 0 Å². The molecule has 176 valence electrons. The van der Waals surface area contributed by atoms with E-state index in [4.69, 9.17) is 14.2 Å². The van der Waals surface area contributed by atoms with Gasteiger partial charge in [0.1, 0.15) is 0 Å². The smallest absolute Gasteiger partial charge is 0.329 e. The summed E-state index contributed by atoms with van der Waals surface area (Å²) in [5.74, 6) is -1.27. The van der Waals surface area contributed by atoms with E-state index in [-0.39, 0.29) is 19.1 Å². The van der Waals surface area contributed by atoms with Crippen molar-refractivity contribution in [3.63, 3.8) is 0 Å². The Balaban J connectivity index is 1.92. The van der Waals surface area contributed by atoms with Gasteiger partial charge >= 0.3 is 11.8 Å². The topological polar surface area (TPSA) is 127 Å². The Labute approximate surface area is 192 Å². The second-order valence-corrected chi connectivity index (χ2v) is 6.96. The predicted molar refractivity (Wildman–Crippen MR) is 124 cm³/mol. The maximum absolute atomic E-state index is 12.3. The number of aryl methyl sites for hydroxylation is 2. The number of carbonyl (C=O) groups is 3. The summed E-state index contributed by atoms with van der Waals surface area (Å²) < 4.78 is 15.7. The second kappa shape index (κ2) is 12.8. The van der Waals surface area contributed by atoms with Crippen molar-refractivity contribution in [3.05, 3.63) is 53.1 Å². The molecule has 0 aliphatic heterocycles. The van der Waals surface area contributed by atoms with Gasteiger partial charge in [0, 0.05) is 19.3 Å². The van der Waals surface area contributed by atoms with Crippen molar-refractivity contribution in [2.45, 2.75) is 13.8 Å². The molecule has 3 N–H and O–H groups in total. The highest BCUT2D eigenvalue weighted by Crippen LogP contribution is 2.27. The highest BCUT2D eigenvalue weighted by atomic mass is 16.5. The average Bonchev–Trinajstić information content (AvgIpc) is 2.80. The van der Waals surface area contributed by atoms with Gasteiger partial charge in [0.05, 0.1) is 19.9 Å². The lowest BCUT2D eigenvalue weighted by molar-refractivity contribution is -0.139. The van der Waals surface area contributed by atoms with E-state index in [1.165, 1.54) is 20.4 Å².